The summed E-state index contributed by atoms with van der Waals surface area (Å²) in [5.74, 6) is -1.47. The van der Waals surface area contributed by atoms with Gasteiger partial charge in [-0.15, -0.1) is 0 Å². The first-order valence-electron chi connectivity index (χ1n) is 3.57. The highest BCUT2D eigenvalue weighted by atomic mass is 35.5. The van der Waals surface area contributed by atoms with Crippen molar-refractivity contribution >= 4 is 17.4 Å². The van der Waals surface area contributed by atoms with Crippen LogP contribution in [0, 0.1) is 11.3 Å². The molecule has 0 aliphatic carbocycles. The van der Waals surface area contributed by atoms with Gasteiger partial charge in [0.2, 0.25) is 5.78 Å². The third kappa shape index (κ3) is 2.27. The summed E-state index contributed by atoms with van der Waals surface area (Å²) in [5, 5.41) is 4.52. The van der Waals surface area contributed by atoms with Crippen LogP contribution in [0.25, 0.3) is 0 Å². The van der Waals surface area contributed by atoms with Gasteiger partial charge in [0.15, 0.2) is 0 Å². The number of hydrogen-bond acceptors (Lipinski definition) is 2. The molecule has 72 valence electrons. The van der Waals surface area contributed by atoms with Gasteiger partial charge < -0.3 is 0 Å². The largest absolute Gasteiger partial charge is 0.384 e. The maximum atomic E-state index is 12.3. The van der Waals surface area contributed by atoms with Crippen LogP contribution in [0.5, 0.6) is 0 Å². The monoisotopic (exact) mass is 215 g/mol. The number of halogens is 3. The molecule has 1 aromatic rings. The van der Waals surface area contributed by atoms with Gasteiger partial charge in [0.1, 0.15) is 0 Å². The number of nitriles is 1. The molecular weight excluding hydrogens is 212 g/mol. The van der Waals surface area contributed by atoms with Crippen molar-refractivity contribution in [3.05, 3.63) is 35.4 Å². The van der Waals surface area contributed by atoms with Crippen LogP contribution in [0.2, 0.25) is 0 Å². The van der Waals surface area contributed by atoms with E-state index in [0.29, 0.717) is 5.56 Å². The summed E-state index contributed by atoms with van der Waals surface area (Å²) < 4.78 is 24.7. The van der Waals surface area contributed by atoms with E-state index < -0.39 is 11.2 Å². The highest BCUT2D eigenvalue weighted by molar-refractivity contribution is 6.35. The minimum atomic E-state index is -3.89. The van der Waals surface area contributed by atoms with Crippen molar-refractivity contribution in [1.29, 1.82) is 5.26 Å². The van der Waals surface area contributed by atoms with E-state index in [-0.39, 0.29) is 5.56 Å². The zero-order chi connectivity index (χ0) is 10.8. The lowest BCUT2D eigenvalue weighted by molar-refractivity contribution is 0.0536. The number of alkyl halides is 3. The number of rotatable bonds is 2. The Hall–Kier alpha value is -1.47. The molecule has 0 fully saturated rings. The molecule has 0 saturated carbocycles. The summed E-state index contributed by atoms with van der Waals surface area (Å²) in [5.41, 5.74) is 0.0726. The topological polar surface area (TPSA) is 40.9 Å². The second kappa shape index (κ2) is 3.72. The van der Waals surface area contributed by atoms with Gasteiger partial charge in [-0.3, -0.25) is 4.79 Å². The molecule has 2 nitrogen and oxygen atoms in total. The number of carbonyl (C=O) groups excluding carboxylic acids is 1. The molecule has 0 atom stereocenters. The summed E-state index contributed by atoms with van der Waals surface area (Å²) in [4.78, 5) is 10.9. The summed E-state index contributed by atoms with van der Waals surface area (Å²) in [6, 6.07) is 6.62. The van der Waals surface area contributed by atoms with E-state index in [4.69, 9.17) is 5.26 Å². The van der Waals surface area contributed by atoms with Crippen LogP contribution in [0.15, 0.2) is 24.3 Å². The molecule has 0 aliphatic rings. The van der Waals surface area contributed by atoms with Crippen molar-refractivity contribution in [3.8, 4) is 6.07 Å². The first kappa shape index (κ1) is 10.6. The quantitative estimate of drug-likeness (QED) is 0.562. The maximum absolute atomic E-state index is 12.3. The van der Waals surface area contributed by atoms with E-state index in [1.807, 2.05) is 0 Å². The Morgan fingerprint density at radius 2 is 1.86 bits per heavy atom. The van der Waals surface area contributed by atoms with E-state index in [1.165, 1.54) is 12.1 Å². The summed E-state index contributed by atoms with van der Waals surface area (Å²) in [7, 11) is 0. The van der Waals surface area contributed by atoms with Crippen LogP contribution >= 0.6 is 11.6 Å². The molecule has 0 N–H and O–H groups in total. The van der Waals surface area contributed by atoms with Crippen LogP contribution in [0.3, 0.4) is 0 Å². The molecule has 0 heterocycles. The molecule has 5 heteroatoms. The van der Waals surface area contributed by atoms with Crippen molar-refractivity contribution in [2.75, 3.05) is 0 Å². The molecule has 0 spiro atoms. The van der Waals surface area contributed by atoms with Gasteiger partial charge in [-0.25, -0.2) is 0 Å². The lowest BCUT2D eigenvalue weighted by Crippen LogP contribution is -2.21. The Balaban J connectivity index is 3.00. The average molecular weight is 216 g/mol. The van der Waals surface area contributed by atoms with Gasteiger partial charge in [0.25, 0.3) is 0 Å². The fourth-order valence-electron chi connectivity index (χ4n) is 0.860. The fourth-order valence-corrected chi connectivity index (χ4v) is 0.969. The number of carbonyl (C=O) groups is 1. The zero-order valence-electron chi connectivity index (χ0n) is 6.80. The molecule has 0 radical (unpaired) electrons. The molecule has 0 aromatic heterocycles. The lowest BCUT2D eigenvalue weighted by Gasteiger charge is -2.05. The molecule has 1 rings (SSSR count). The normalized spacial score (nSPS) is 10.7. The molecule has 1 aromatic carbocycles. The van der Waals surface area contributed by atoms with Crippen LogP contribution < -0.4 is 0 Å². The summed E-state index contributed by atoms with van der Waals surface area (Å²) in [6.07, 6.45) is 0. The smallest absolute Gasteiger partial charge is 0.286 e. The molecular formula is C9H4ClF2NO. The van der Waals surface area contributed by atoms with Crippen molar-refractivity contribution in [2.24, 2.45) is 0 Å². The van der Waals surface area contributed by atoms with E-state index in [1.54, 1.807) is 6.07 Å². The molecule has 0 bridgehead atoms. The van der Waals surface area contributed by atoms with Crippen LogP contribution in [0.1, 0.15) is 15.9 Å². The first-order chi connectivity index (χ1) is 6.45. The van der Waals surface area contributed by atoms with Crippen molar-refractivity contribution in [2.45, 2.75) is 5.38 Å². The first-order valence-corrected chi connectivity index (χ1v) is 3.94. The minimum Gasteiger partial charge on any atom is -0.286 e. The SMILES string of the molecule is N#Cc1ccc(C(=O)C(F)(F)Cl)cc1. The number of nitrogens with zero attached hydrogens (tertiary/aromatic N) is 1. The number of ketones is 1. The average Bonchev–Trinajstić information content (AvgIpc) is 2.15. The highest BCUT2D eigenvalue weighted by Crippen LogP contribution is 2.24. The Morgan fingerprint density at radius 1 is 1.36 bits per heavy atom. The van der Waals surface area contributed by atoms with Crippen LogP contribution in [-0.2, 0) is 0 Å². The Kier molecular flexibility index (Phi) is 2.82. The van der Waals surface area contributed by atoms with E-state index in [0.717, 1.165) is 12.1 Å². The summed E-state index contributed by atoms with van der Waals surface area (Å²) in [6.45, 7) is 0. The molecule has 0 unspecified atom stereocenters. The minimum absolute atomic E-state index is 0.219. The van der Waals surface area contributed by atoms with E-state index in [2.05, 4.69) is 11.6 Å². The lowest BCUT2D eigenvalue weighted by atomic mass is 10.1. The maximum Gasteiger partial charge on any atom is 0.384 e. The number of Topliss-reactive ketones (excluding diaryl/α,β-unsaturated/α-hetero) is 1. The van der Waals surface area contributed by atoms with Crippen molar-refractivity contribution in [3.63, 3.8) is 0 Å². The van der Waals surface area contributed by atoms with Gasteiger partial charge in [-0.1, -0.05) is 0 Å². The Morgan fingerprint density at radius 3 is 2.21 bits per heavy atom. The second-order valence-electron chi connectivity index (χ2n) is 2.52. The van der Waals surface area contributed by atoms with Gasteiger partial charge in [0.05, 0.1) is 11.6 Å². The van der Waals surface area contributed by atoms with E-state index in [9.17, 15) is 13.6 Å². The molecule has 0 amide bonds. The molecule has 14 heavy (non-hydrogen) atoms. The standard InChI is InChI=1S/C9H4ClF2NO/c10-9(11,12)8(14)7-3-1-6(5-13)2-4-7/h1-4H. The Labute approximate surface area is 83.7 Å². The highest BCUT2D eigenvalue weighted by Gasteiger charge is 2.36. The predicted octanol–water partition coefficient (Wildman–Crippen LogP) is 2.57. The Bertz CT molecular complexity index is 389. The van der Waals surface area contributed by atoms with Gasteiger partial charge in [-0.2, -0.15) is 14.0 Å². The number of hydrogen-bond donors (Lipinski definition) is 0. The summed E-state index contributed by atoms with van der Waals surface area (Å²) >= 11 is 4.54. The van der Waals surface area contributed by atoms with Crippen molar-refractivity contribution < 1.29 is 13.6 Å². The third-order valence-electron chi connectivity index (χ3n) is 1.53. The second-order valence-corrected chi connectivity index (χ2v) is 2.99. The number of benzene rings is 1. The van der Waals surface area contributed by atoms with Gasteiger partial charge >= 0.3 is 5.38 Å². The predicted molar refractivity (Wildman–Crippen MR) is 46.3 cm³/mol. The molecule has 0 aliphatic heterocycles. The third-order valence-corrected chi connectivity index (χ3v) is 1.71. The van der Waals surface area contributed by atoms with E-state index >= 15 is 0 Å². The van der Waals surface area contributed by atoms with Crippen molar-refractivity contribution in [1.82, 2.24) is 0 Å². The van der Waals surface area contributed by atoms with Crippen LogP contribution in [0.4, 0.5) is 8.78 Å². The zero-order valence-corrected chi connectivity index (χ0v) is 7.55. The van der Waals surface area contributed by atoms with Gasteiger partial charge in [0, 0.05) is 5.56 Å². The van der Waals surface area contributed by atoms with Gasteiger partial charge in [-0.05, 0) is 35.9 Å². The fraction of sp³-hybridized carbons (Fsp3) is 0.111. The van der Waals surface area contributed by atoms with Crippen LogP contribution in [-0.4, -0.2) is 11.2 Å². The molecule has 0 saturated heterocycles.